The van der Waals surface area contributed by atoms with E-state index in [1.54, 1.807) is 16.9 Å². The van der Waals surface area contributed by atoms with Gasteiger partial charge in [-0.15, -0.1) is 0 Å². The van der Waals surface area contributed by atoms with Crippen molar-refractivity contribution in [3.05, 3.63) is 64.9 Å². The van der Waals surface area contributed by atoms with Gasteiger partial charge in [0.05, 0.1) is 18.4 Å². The third kappa shape index (κ3) is 4.19. The Morgan fingerprint density at radius 3 is 2.72 bits per heavy atom. The Labute approximate surface area is 185 Å². The summed E-state index contributed by atoms with van der Waals surface area (Å²) in [4.78, 5) is 23.7. The minimum atomic E-state index is -0.865. The maximum absolute atomic E-state index is 13.9. The molecule has 4 rings (SSSR count). The van der Waals surface area contributed by atoms with Gasteiger partial charge in [0, 0.05) is 25.2 Å². The zero-order valence-electron chi connectivity index (χ0n) is 18.6. The van der Waals surface area contributed by atoms with Crippen molar-refractivity contribution in [2.24, 2.45) is 5.92 Å². The highest BCUT2D eigenvalue weighted by atomic mass is 19.2. The average molecular weight is 440 g/mol. The maximum atomic E-state index is 13.9. The fraction of sp³-hybridized carbons (Fsp3) is 0.391. The van der Waals surface area contributed by atoms with E-state index in [9.17, 15) is 13.6 Å². The quantitative estimate of drug-likeness (QED) is 0.635. The van der Waals surface area contributed by atoms with E-state index < -0.39 is 11.6 Å². The predicted molar refractivity (Wildman–Crippen MR) is 118 cm³/mol. The molecule has 1 atom stereocenters. The van der Waals surface area contributed by atoms with Gasteiger partial charge in [-0.1, -0.05) is 26.0 Å². The monoisotopic (exact) mass is 440 g/mol. The maximum Gasteiger partial charge on any atom is 0.247 e. The summed E-state index contributed by atoms with van der Waals surface area (Å²) < 4.78 is 28.9. The number of nitrogens with zero attached hydrogens (tertiary/aromatic N) is 5. The van der Waals surface area contributed by atoms with Crippen LogP contribution in [0, 0.1) is 24.5 Å². The van der Waals surface area contributed by atoms with Crippen LogP contribution in [0.4, 0.5) is 20.3 Å². The highest BCUT2D eigenvalue weighted by molar-refractivity contribution is 6.03. The fourth-order valence-corrected chi connectivity index (χ4v) is 4.11. The van der Waals surface area contributed by atoms with Crippen molar-refractivity contribution in [1.82, 2.24) is 19.7 Å². The molecule has 0 radical (unpaired) electrons. The number of aromatic nitrogens is 4. The zero-order chi connectivity index (χ0) is 23.0. The molecule has 0 aliphatic carbocycles. The van der Waals surface area contributed by atoms with E-state index in [0.717, 1.165) is 23.1 Å². The van der Waals surface area contributed by atoms with E-state index >= 15 is 0 Å². The van der Waals surface area contributed by atoms with Crippen LogP contribution in [-0.2, 0) is 24.2 Å². The third-order valence-corrected chi connectivity index (χ3v) is 5.70. The molecule has 1 N–H and O–H groups in total. The van der Waals surface area contributed by atoms with Crippen molar-refractivity contribution in [1.29, 1.82) is 0 Å². The summed E-state index contributed by atoms with van der Waals surface area (Å²) in [6.45, 7) is 6.03. The first-order valence-corrected chi connectivity index (χ1v) is 10.6. The normalized spacial score (nSPS) is 15.8. The number of nitrogens with one attached hydrogen (secondary N) is 1. The van der Waals surface area contributed by atoms with Crippen molar-refractivity contribution < 1.29 is 13.6 Å². The standard InChI is InChI=1S/C23H26F2N6O/c1-13(2)21-23(32)29-20-14(3)27-18(28-22(20)30(21)4)9-8-15-10-26-31(11-15)12-16-6-5-7-17(24)19(16)25/h5-7,10-11,13,21H,8-9,12H2,1-4H3,(H,29,32)/t21-/m0/s1. The molecule has 1 amide bonds. The number of halogens is 2. The molecule has 0 bridgehead atoms. The Bertz CT molecular complexity index is 1160. The first-order valence-electron chi connectivity index (χ1n) is 10.6. The summed E-state index contributed by atoms with van der Waals surface area (Å²) in [6.07, 6.45) is 4.76. The van der Waals surface area contributed by atoms with E-state index in [0.29, 0.717) is 24.4 Å². The second-order valence-corrected chi connectivity index (χ2v) is 8.47. The molecule has 0 saturated heterocycles. The average Bonchev–Trinajstić information content (AvgIpc) is 3.18. The van der Waals surface area contributed by atoms with Crippen LogP contribution in [0.2, 0.25) is 0 Å². The van der Waals surface area contributed by atoms with E-state index in [2.05, 4.69) is 15.4 Å². The zero-order valence-corrected chi connectivity index (χ0v) is 18.6. The molecule has 2 aromatic heterocycles. The van der Waals surface area contributed by atoms with Gasteiger partial charge >= 0.3 is 0 Å². The molecule has 7 nitrogen and oxygen atoms in total. The highest BCUT2D eigenvalue weighted by Crippen LogP contribution is 2.33. The second-order valence-electron chi connectivity index (χ2n) is 8.47. The summed E-state index contributed by atoms with van der Waals surface area (Å²) in [7, 11) is 1.88. The van der Waals surface area contributed by atoms with Gasteiger partial charge in [-0.3, -0.25) is 9.48 Å². The third-order valence-electron chi connectivity index (χ3n) is 5.70. The Morgan fingerprint density at radius 2 is 1.97 bits per heavy atom. The van der Waals surface area contributed by atoms with Crippen molar-refractivity contribution in [3.63, 3.8) is 0 Å². The lowest BCUT2D eigenvalue weighted by Crippen LogP contribution is -2.49. The summed E-state index contributed by atoms with van der Waals surface area (Å²) in [5.74, 6) is -0.218. The largest absolute Gasteiger partial charge is 0.346 e. The van der Waals surface area contributed by atoms with Gasteiger partial charge in [-0.25, -0.2) is 18.7 Å². The molecule has 3 heterocycles. The molecular weight excluding hydrogens is 414 g/mol. The minimum absolute atomic E-state index is 0.0448. The lowest BCUT2D eigenvalue weighted by atomic mass is 9.99. The molecule has 32 heavy (non-hydrogen) atoms. The molecule has 0 saturated carbocycles. The van der Waals surface area contributed by atoms with Crippen LogP contribution in [0.25, 0.3) is 0 Å². The number of rotatable bonds is 6. The topological polar surface area (TPSA) is 75.9 Å². The molecular formula is C23H26F2N6O. The summed E-state index contributed by atoms with van der Waals surface area (Å²) >= 11 is 0. The van der Waals surface area contributed by atoms with Crippen LogP contribution in [0.3, 0.4) is 0 Å². The smallest absolute Gasteiger partial charge is 0.247 e. The van der Waals surface area contributed by atoms with Crippen LogP contribution in [0.15, 0.2) is 30.6 Å². The number of carbonyl (C=O) groups is 1. The molecule has 0 fully saturated rings. The molecule has 9 heteroatoms. The molecule has 168 valence electrons. The molecule has 1 aliphatic heterocycles. The molecule has 0 unspecified atom stereocenters. The van der Waals surface area contributed by atoms with E-state index in [1.165, 1.54) is 6.07 Å². The van der Waals surface area contributed by atoms with Gasteiger partial charge in [-0.05, 0) is 30.9 Å². The summed E-state index contributed by atoms with van der Waals surface area (Å²) in [6, 6.07) is 3.84. The van der Waals surface area contributed by atoms with E-state index in [-0.39, 0.29) is 30.0 Å². The number of carbonyl (C=O) groups excluding carboxylic acids is 1. The first kappa shape index (κ1) is 21.9. The number of likely N-dealkylation sites (N-methyl/N-ethyl adjacent to an activating group) is 1. The van der Waals surface area contributed by atoms with Gasteiger partial charge < -0.3 is 10.2 Å². The van der Waals surface area contributed by atoms with Crippen LogP contribution in [-0.4, -0.2) is 38.7 Å². The molecule has 1 aromatic carbocycles. The summed E-state index contributed by atoms with van der Waals surface area (Å²) in [5, 5.41) is 7.21. The Balaban J connectivity index is 1.48. The first-order chi connectivity index (χ1) is 15.2. The lowest BCUT2D eigenvalue weighted by Gasteiger charge is -2.36. The van der Waals surface area contributed by atoms with Gasteiger partial charge in [0.25, 0.3) is 0 Å². The number of anilines is 2. The molecule has 3 aromatic rings. The number of amides is 1. The Hall–Kier alpha value is -3.36. The Morgan fingerprint density at radius 1 is 1.19 bits per heavy atom. The van der Waals surface area contributed by atoms with Gasteiger partial charge in [-0.2, -0.15) is 5.10 Å². The van der Waals surface area contributed by atoms with Crippen LogP contribution in [0.5, 0.6) is 0 Å². The van der Waals surface area contributed by atoms with Gasteiger partial charge in [0.15, 0.2) is 17.5 Å². The highest BCUT2D eigenvalue weighted by Gasteiger charge is 2.35. The van der Waals surface area contributed by atoms with Gasteiger partial charge in [0.1, 0.15) is 17.6 Å². The number of fused-ring (bicyclic) bond motifs is 1. The minimum Gasteiger partial charge on any atom is -0.346 e. The Kier molecular flexibility index (Phi) is 5.90. The predicted octanol–water partition coefficient (Wildman–Crippen LogP) is 3.51. The number of benzene rings is 1. The summed E-state index contributed by atoms with van der Waals surface area (Å²) in [5.41, 5.74) is 2.58. The van der Waals surface area contributed by atoms with Gasteiger partial charge in [0.2, 0.25) is 5.91 Å². The number of hydrogen-bond acceptors (Lipinski definition) is 5. The molecule has 1 aliphatic rings. The van der Waals surface area contributed by atoms with Crippen molar-refractivity contribution in [3.8, 4) is 0 Å². The fourth-order valence-electron chi connectivity index (χ4n) is 4.11. The van der Waals surface area contributed by atoms with Crippen molar-refractivity contribution in [2.75, 3.05) is 17.3 Å². The lowest BCUT2D eigenvalue weighted by molar-refractivity contribution is -0.118. The van der Waals surface area contributed by atoms with Crippen molar-refractivity contribution in [2.45, 2.75) is 46.2 Å². The number of hydrogen-bond donors (Lipinski definition) is 1. The molecule has 0 spiro atoms. The van der Waals surface area contributed by atoms with E-state index in [1.807, 2.05) is 38.9 Å². The number of aryl methyl sites for hydroxylation is 3. The van der Waals surface area contributed by atoms with Crippen LogP contribution >= 0.6 is 0 Å². The van der Waals surface area contributed by atoms with E-state index in [4.69, 9.17) is 4.98 Å². The van der Waals surface area contributed by atoms with Crippen LogP contribution in [0.1, 0.15) is 36.5 Å². The second kappa shape index (κ2) is 8.64. The van der Waals surface area contributed by atoms with Crippen LogP contribution < -0.4 is 10.2 Å². The van der Waals surface area contributed by atoms with Crippen molar-refractivity contribution >= 4 is 17.4 Å². The SMILES string of the molecule is Cc1nc(CCc2cnn(Cc3cccc(F)c3F)c2)nc2c1NC(=O)[C@H](C(C)C)N2C.